The molecule has 0 bridgehead atoms. The van der Waals surface area contributed by atoms with Crippen LogP contribution in [0.2, 0.25) is 0 Å². The van der Waals surface area contributed by atoms with Gasteiger partial charge in [-0.25, -0.2) is 9.97 Å². The first-order chi connectivity index (χ1) is 9.83. The first-order valence-corrected chi connectivity index (χ1v) is 6.81. The lowest BCUT2D eigenvalue weighted by Gasteiger charge is -2.12. The molecule has 1 fully saturated rings. The molecule has 0 spiro atoms. The molecule has 102 valence electrons. The third-order valence-electron chi connectivity index (χ3n) is 3.89. The monoisotopic (exact) mass is 269 g/mol. The van der Waals surface area contributed by atoms with Gasteiger partial charge >= 0.3 is 0 Å². The molecule has 7 nitrogen and oxygen atoms in total. The van der Waals surface area contributed by atoms with Crippen LogP contribution in [0.15, 0.2) is 25.0 Å². The van der Waals surface area contributed by atoms with Gasteiger partial charge in [0.25, 0.3) is 0 Å². The number of rotatable bonds is 2. The summed E-state index contributed by atoms with van der Waals surface area (Å²) >= 11 is 0. The van der Waals surface area contributed by atoms with Crippen molar-refractivity contribution in [2.24, 2.45) is 0 Å². The summed E-state index contributed by atoms with van der Waals surface area (Å²) < 4.78 is 3.95. The predicted octanol–water partition coefficient (Wildman–Crippen LogP) is 1.71. The summed E-state index contributed by atoms with van der Waals surface area (Å²) in [7, 11) is 0. The van der Waals surface area contributed by atoms with Crippen molar-refractivity contribution >= 4 is 17.1 Å². The highest BCUT2D eigenvalue weighted by Crippen LogP contribution is 2.32. The number of aromatic nitrogens is 6. The topological polar surface area (TPSA) is 87.4 Å². The fourth-order valence-corrected chi connectivity index (χ4v) is 2.93. The van der Waals surface area contributed by atoms with E-state index in [9.17, 15) is 0 Å². The maximum atomic E-state index is 5.86. The molecule has 20 heavy (non-hydrogen) atoms. The van der Waals surface area contributed by atoms with Gasteiger partial charge in [0.05, 0.1) is 6.33 Å². The Balaban J connectivity index is 1.93. The number of imidazole rings is 2. The third kappa shape index (κ3) is 1.66. The molecule has 3 aromatic heterocycles. The van der Waals surface area contributed by atoms with Gasteiger partial charge in [-0.3, -0.25) is 4.57 Å². The summed E-state index contributed by atoms with van der Waals surface area (Å²) in [6.45, 7) is 0. The summed E-state index contributed by atoms with van der Waals surface area (Å²) in [5.74, 6) is 0.947. The van der Waals surface area contributed by atoms with Crippen LogP contribution in [0.25, 0.3) is 17.0 Å². The first-order valence-electron chi connectivity index (χ1n) is 6.81. The molecule has 2 N–H and O–H groups in total. The number of nitrogens with zero attached hydrogens (tertiary/aromatic N) is 6. The molecular weight excluding hydrogens is 254 g/mol. The van der Waals surface area contributed by atoms with E-state index in [0.29, 0.717) is 11.9 Å². The minimum atomic E-state index is 0.265. The Bertz CT molecular complexity index is 738. The SMILES string of the molecule is Nc1nc(-n2ccnc2)c2ncn(C3CCCC3)c2n1. The van der Waals surface area contributed by atoms with Crippen LogP contribution < -0.4 is 5.73 Å². The predicted molar refractivity (Wildman–Crippen MR) is 74.4 cm³/mol. The van der Waals surface area contributed by atoms with Crippen LogP contribution in [0.3, 0.4) is 0 Å². The van der Waals surface area contributed by atoms with Gasteiger partial charge in [-0.05, 0) is 12.8 Å². The van der Waals surface area contributed by atoms with Gasteiger partial charge in [-0.15, -0.1) is 0 Å². The van der Waals surface area contributed by atoms with Crippen molar-refractivity contribution in [1.82, 2.24) is 29.1 Å². The first kappa shape index (κ1) is 11.4. The summed E-state index contributed by atoms with van der Waals surface area (Å²) in [6, 6.07) is 0.477. The fraction of sp³-hybridized carbons (Fsp3) is 0.385. The number of anilines is 1. The molecule has 0 saturated heterocycles. The normalized spacial score (nSPS) is 16.2. The summed E-state index contributed by atoms with van der Waals surface area (Å²) in [6.07, 6.45) is 12.0. The van der Waals surface area contributed by atoms with Crippen LogP contribution in [-0.4, -0.2) is 29.1 Å². The fourth-order valence-electron chi connectivity index (χ4n) is 2.93. The third-order valence-corrected chi connectivity index (χ3v) is 3.89. The average molecular weight is 269 g/mol. The molecule has 1 saturated carbocycles. The molecule has 1 aliphatic rings. The summed E-state index contributed by atoms with van der Waals surface area (Å²) in [4.78, 5) is 17.2. The van der Waals surface area contributed by atoms with Crippen LogP contribution in [0.4, 0.5) is 5.95 Å². The maximum absolute atomic E-state index is 5.86. The van der Waals surface area contributed by atoms with E-state index in [0.717, 1.165) is 11.2 Å². The van der Waals surface area contributed by atoms with Gasteiger partial charge in [-0.1, -0.05) is 12.8 Å². The largest absolute Gasteiger partial charge is 0.368 e. The number of hydrogen-bond acceptors (Lipinski definition) is 5. The minimum absolute atomic E-state index is 0.265. The molecule has 0 aliphatic heterocycles. The van der Waals surface area contributed by atoms with Crippen molar-refractivity contribution in [1.29, 1.82) is 0 Å². The Labute approximate surface area is 115 Å². The molecule has 1 aliphatic carbocycles. The van der Waals surface area contributed by atoms with Crippen LogP contribution in [-0.2, 0) is 0 Å². The standard InChI is InChI=1S/C13H15N7/c14-13-17-11(19-6-5-15-7-19)10-12(18-13)20(8-16-10)9-3-1-2-4-9/h5-9H,1-4H2,(H2,14,17,18). The van der Waals surface area contributed by atoms with E-state index in [2.05, 4.69) is 24.5 Å². The van der Waals surface area contributed by atoms with Crippen LogP contribution in [0.5, 0.6) is 0 Å². The van der Waals surface area contributed by atoms with E-state index in [1.807, 2.05) is 17.1 Å². The van der Waals surface area contributed by atoms with E-state index < -0.39 is 0 Å². The van der Waals surface area contributed by atoms with E-state index in [4.69, 9.17) is 5.73 Å². The number of nitrogen functional groups attached to an aromatic ring is 1. The zero-order chi connectivity index (χ0) is 13.5. The van der Waals surface area contributed by atoms with E-state index in [1.54, 1.807) is 12.5 Å². The van der Waals surface area contributed by atoms with Gasteiger partial charge in [0.1, 0.15) is 6.33 Å². The van der Waals surface area contributed by atoms with Gasteiger partial charge in [-0.2, -0.15) is 9.97 Å². The average Bonchev–Trinajstić information content (AvgIpc) is 3.18. The van der Waals surface area contributed by atoms with Crippen molar-refractivity contribution in [2.75, 3.05) is 5.73 Å². The van der Waals surface area contributed by atoms with Crippen molar-refractivity contribution in [3.8, 4) is 5.82 Å². The molecule has 0 aromatic carbocycles. The molecule has 7 heteroatoms. The molecular formula is C13H15N7. The second kappa shape index (κ2) is 4.29. The van der Waals surface area contributed by atoms with Crippen LogP contribution >= 0.6 is 0 Å². The highest BCUT2D eigenvalue weighted by molar-refractivity contribution is 5.80. The number of hydrogen-bond donors (Lipinski definition) is 1. The lowest BCUT2D eigenvalue weighted by atomic mass is 10.2. The molecule has 4 rings (SSSR count). The summed E-state index contributed by atoms with van der Waals surface area (Å²) in [5.41, 5.74) is 7.44. The molecule has 0 amide bonds. The molecule has 0 atom stereocenters. The molecule has 3 aromatic rings. The van der Waals surface area contributed by atoms with E-state index in [1.165, 1.54) is 25.7 Å². The minimum Gasteiger partial charge on any atom is -0.368 e. The molecule has 0 unspecified atom stereocenters. The zero-order valence-electron chi connectivity index (χ0n) is 11.0. The second-order valence-electron chi connectivity index (χ2n) is 5.14. The van der Waals surface area contributed by atoms with Gasteiger partial charge in [0.2, 0.25) is 5.95 Å². The Kier molecular flexibility index (Phi) is 2.45. The maximum Gasteiger partial charge on any atom is 0.224 e. The van der Waals surface area contributed by atoms with Crippen LogP contribution in [0.1, 0.15) is 31.7 Å². The lowest BCUT2D eigenvalue weighted by molar-refractivity contribution is 0.529. The molecule has 0 radical (unpaired) electrons. The van der Waals surface area contributed by atoms with Crippen molar-refractivity contribution in [3.05, 3.63) is 25.0 Å². The van der Waals surface area contributed by atoms with Crippen molar-refractivity contribution in [3.63, 3.8) is 0 Å². The van der Waals surface area contributed by atoms with Gasteiger partial charge in [0, 0.05) is 18.4 Å². The highest BCUT2D eigenvalue weighted by Gasteiger charge is 2.21. The van der Waals surface area contributed by atoms with Crippen molar-refractivity contribution in [2.45, 2.75) is 31.7 Å². The second-order valence-corrected chi connectivity index (χ2v) is 5.14. The van der Waals surface area contributed by atoms with Gasteiger partial charge < -0.3 is 10.3 Å². The van der Waals surface area contributed by atoms with Crippen molar-refractivity contribution < 1.29 is 0 Å². The lowest BCUT2D eigenvalue weighted by Crippen LogP contribution is -2.07. The number of nitrogens with two attached hydrogens (primary N) is 1. The van der Waals surface area contributed by atoms with Crippen LogP contribution in [0, 0.1) is 0 Å². The smallest absolute Gasteiger partial charge is 0.224 e. The zero-order valence-corrected chi connectivity index (χ0v) is 11.0. The van der Waals surface area contributed by atoms with E-state index in [-0.39, 0.29) is 5.95 Å². The molecule has 3 heterocycles. The quantitative estimate of drug-likeness (QED) is 0.765. The van der Waals surface area contributed by atoms with Gasteiger partial charge in [0.15, 0.2) is 17.0 Å². The summed E-state index contributed by atoms with van der Waals surface area (Å²) in [5, 5.41) is 0. The Hall–Kier alpha value is -2.44. The Morgan fingerprint density at radius 1 is 1.15 bits per heavy atom. The Morgan fingerprint density at radius 3 is 2.75 bits per heavy atom. The highest BCUT2D eigenvalue weighted by atomic mass is 15.2. The number of fused-ring (bicyclic) bond motifs is 1. The van der Waals surface area contributed by atoms with E-state index >= 15 is 0 Å². The Morgan fingerprint density at radius 2 is 2.00 bits per heavy atom.